The van der Waals surface area contributed by atoms with Gasteiger partial charge in [-0.25, -0.2) is 0 Å². The largest absolute Gasteiger partial charge is 0.500 e. The highest BCUT2D eigenvalue weighted by atomic mass is 28.4. The maximum atomic E-state index is 5.91. The van der Waals surface area contributed by atoms with Crippen LogP contribution in [0.15, 0.2) is 0 Å². The molecule has 0 radical (unpaired) electrons. The lowest BCUT2D eigenvalue weighted by Crippen LogP contribution is -2.46. The van der Waals surface area contributed by atoms with E-state index in [1.165, 1.54) is 25.7 Å². The van der Waals surface area contributed by atoms with Gasteiger partial charge >= 0.3 is 17.6 Å². The molecular formula is C24H56N2O6Si2. The van der Waals surface area contributed by atoms with Gasteiger partial charge < -0.3 is 37.2 Å². The molecule has 2 N–H and O–H groups in total. The predicted molar refractivity (Wildman–Crippen MR) is 144 cm³/mol. The molecule has 0 rings (SSSR count). The first-order chi connectivity index (χ1) is 16.6. The molecule has 0 aromatic rings. The van der Waals surface area contributed by atoms with Crippen LogP contribution in [0.5, 0.6) is 0 Å². The molecular weight excluding hydrogens is 468 g/mol. The maximum absolute atomic E-state index is 5.91. The van der Waals surface area contributed by atoms with E-state index in [9.17, 15) is 0 Å². The average Bonchev–Trinajstić information content (AvgIpc) is 2.80. The third-order valence-corrected chi connectivity index (χ3v) is 11.6. The van der Waals surface area contributed by atoms with Gasteiger partial charge in [0.15, 0.2) is 0 Å². The normalized spacial score (nSPS) is 12.5. The van der Waals surface area contributed by atoms with E-state index < -0.39 is 17.6 Å². The molecule has 0 heterocycles. The van der Waals surface area contributed by atoms with Crippen LogP contribution >= 0.6 is 0 Å². The Labute approximate surface area is 212 Å². The summed E-state index contributed by atoms with van der Waals surface area (Å²) in [4.78, 5) is 0. The van der Waals surface area contributed by atoms with Gasteiger partial charge in [0.2, 0.25) is 0 Å². The van der Waals surface area contributed by atoms with Crippen molar-refractivity contribution in [2.45, 2.75) is 92.2 Å². The van der Waals surface area contributed by atoms with Crippen LogP contribution in [0, 0.1) is 0 Å². The van der Waals surface area contributed by atoms with E-state index in [-0.39, 0.29) is 0 Å². The fourth-order valence-electron chi connectivity index (χ4n) is 3.97. The summed E-state index contributed by atoms with van der Waals surface area (Å²) in [5.41, 5.74) is 0. The van der Waals surface area contributed by atoms with Gasteiger partial charge in [0.1, 0.15) is 0 Å². The minimum absolute atomic E-state index is 0.644. The number of unbranched alkanes of at least 4 members (excludes halogenated alkanes) is 3. The zero-order valence-electron chi connectivity index (χ0n) is 23.2. The zero-order chi connectivity index (χ0) is 25.4. The van der Waals surface area contributed by atoms with Gasteiger partial charge in [0, 0.05) is 51.7 Å². The van der Waals surface area contributed by atoms with Crippen molar-refractivity contribution in [2.75, 3.05) is 65.8 Å². The van der Waals surface area contributed by atoms with Gasteiger partial charge in [-0.15, -0.1) is 0 Å². The molecule has 0 aliphatic carbocycles. The lowest BCUT2D eigenvalue weighted by Gasteiger charge is -2.28. The van der Waals surface area contributed by atoms with Crippen LogP contribution in [-0.4, -0.2) is 83.4 Å². The molecule has 0 atom stereocenters. The Hall–Kier alpha value is 0.114. The van der Waals surface area contributed by atoms with Crippen LogP contribution in [-0.2, 0) is 26.6 Å². The van der Waals surface area contributed by atoms with Gasteiger partial charge in [0.25, 0.3) is 0 Å². The van der Waals surface area contributed by atoms with E-state index >= 15 is 0 Å². The third-order valence-electron chi connectivity index (χ3n) is 5.32. The summed E-state index contributed by atoms with van der Waals surface area (Å²) in [5, 5.41) is 7.11. The van der Waals surface area contributed by atoms with E-state index in [1.54, 1.807) is 0 Å². The average molecular weight is 525 g/mol. The van der Waals surface area contributed by atoms with Crippen LogP contribution < -0.4 is 10.6 Å². The van der Waals surface area contributed by atoms with Crippen LogP contribution in [0.2, 0.25) is 12.1 Å². The van der Waals surface area contributed by atoms with Crippen molar-refractivity contribution in [1.82, 2.24) is 10.6 Å². The molecule has 206 valence electrons. The zero-order valence-corrected chi connectivity index (χ0v) is 25.2. The van der Waals surface area contributed by atoms with Crippen molar-refractivity contribution < 1.29 is 26.6 Å². The first-order valence-electron chi connectivity index (χ1n) is 13.8. The Morgan fingerprint density at radius 1 is 0.382 bits per heavy atom. The highest BCUT2D eigenvalue weighted by molar-refractivity contribution is 6.61. The maximum Gasteiger partial charge on any atom is 0.500 e. The standard InChI is InChI=1S/C24H56N2O6Si2/c1-7-27-33(28-8-2,29-9-3)23-17-21-25-19-15-13-14-16-20-26-22-18-24-34(30-10-4,31-11-5)32-12-6/h25-26H,7-24H2,1-6H3. The Morgan fingerprint density at radius 3 is 0.912 bits per heavy atom. The summed E-state index contributed by atoms with van der Waals surface area (Å²) in [6, 6.07) is 1.76. The number of hydrogen-bond acceptors (Lipinski definition) is 8. The fourth-order valence-corrected chi connectivity index (χ4v) is 9.19. The van der Waals surface area contributed by atoms with Crippen LogP contribution in [0.4, 0.5) is 0 Å². The van der Waals surface area contributed by atoms with Crippen molar-refractivity contribution in [1.29, 1.82) is 0 Å². The molecule has 34 heavy (non-hydrogen) atoms. The molecule has 10 heteroatoms. The molecule has 0 aromatic carbocycles. The number of nitrogens with one attached hydrogen (secondary N) is 2. The minimum Gasteiger partial charge on any atom is -0.374 e. The highest BCUT2D eigenvalue weighted by Crippen LogP contribution is 2.18. The molecule has 0 unspecified atom stereocenters. The van der Waals surface area contributed by atoms with E-state index in [2.05, 4.69) is 10.6 Å². The topological polar surface area (TPSA) is 79.4 Å². The molecule has 0 saturated heterocycles. The van der Waals surface area contributed by atoms with Gasteiger partial charge in [-0.1, -0.05) is 12.8 Å². The molecule has 0 fully saturated rings. The monoisotopic (exact) mass is 524 g/mol. The van der Waals surface area contributed by atoms with Crippen molar-refractivity contribution >= 4 is 17.6 Å². The quantitative estimate of drug-likeness (QED) is 0.119. The Balaban J connectivity index is 3.75. The number of rotatable bonds is 27. The van der Waals surface area contributed by atoms with Crippen molar-refractivity contribution in [3.8, 4) is 0 Å². The lowest BCUT2D eigenvalue weighted by molar-refractivity contribution is 0.0700. The molecule has 0 bridgehead atoms. The van der Waals surface area contributed by atoms with Gasteiger partial charge in [-0.05, 0) is 93.4 Å². The molecule has 0 aliphatic rings. The summed E-state index contributed by atoms with van der Waals surface area (Å²) in [7, 11) is -4.97. The second-order valence-corrected chi connectivity index (χ2v) is 13.5. The second kappa shape index (κ2) is 23.5. The molecule has 0 amide bonds. The summed E-state index contributed by atoms with van der Waals surface area (Å²) < 4.78 is 35.5. The van der Waals surface area contributed by atoms with Crippen molar-refractivity contribution in [2.24, 2.45) is 0 Å². The first kappa shape index (κ1) is 34.1. The molecule has 0 aliphatic heterocycles. The van der Waals surface area contributed by atoms with E-state index in [0.29, 0.717) is 39.6 Å². The Kier molecular flexibility index (Phi) is 23.6. The van der Waals surface area contributed by atoms with Gasteiger partial charge in [0.05, 0.1) is 0 Å². The Bertz CT molecular complexity index is 366. The minimum atomic E-state index is -2.48. The van der Waals surface area contributed by atoms with Crippen LogP contribution in [0.3, 0.4) is 0 Å². The first-order valence-corrected chi connectivity index (χ1v) is 17.7. The van der Waals surface area contributed by atoms with Gasteiger partial charge in [-0.2, -0.15) is 0 Å². The Morgan fingerprint density at radius 2 is 0.647 bits per heavy atom. The smallest absolute Gasteiger partial charge is 0.374 e. The second-order valence-electron chi connectivity index (χ2n) is 8.09. The fraction of sp³-hybridized carbons (Fsp3) is 1.00. The molecule has 8 nitrogen and oxygen atoms in total. The van der Waals surface area contributed by atoms with Gasteiger partial charge in [-0.3, -0.25) is 0 Å². The van der Waals surface area contributed by atoms with E-state index in [0.717, 1.165) is 51.1 Å². The van der Waals surface area contributed by atoms with Crippen LogP contribution in [0.25, 0.3) is 0 Å². The highest BCUT2D eigenvalue weighted by Gasteiger charge is 2.40. The lowest BCUT2D eigenvalue weighted by atomic mass is 10.2. The summed E-state index contributed by atoms with van der Waals surface area (Å²) in [6.45, 7) is 20.0. The number of hydrogen-bond donors (Lipinski definition) is 2. The molecule has 0 saturated carbocycles. The van der Waals surface area contributed by atoms with E-state index in [1.807, 2.05) is 41.5 Å². The predicted octanol–water partition coefficient (Wildman–Crippen LogP) is 4.60. The van der Waals surface area contributed by atoms with E-state index in [4.69, 9.17) is 26.6 Å². The molecule has 0 aromatic heterocycles. The summed E-state index contributed by atoms with van der Waals surface area (Å²) in [6.07, 6.45) is 7.01. The van der Waals surface area contributed by atoms with Crippen LogP contribution in [0.1, 0.15) is 80.1 Å². The third kappa shape index (κ3) is 16.7. The van der Waals surface area contributed by atoms with Crippen molar-refractivity contribution in [3.63, 3.8) is 0 Å². The summed E-state index contributed by atoms with van der Waals surface area (Å²) in [5.74, 6) is 0. The summed E-state index contributed by atoms with van der Waals surface area (Å²) >= 11 is 0. The van der Waals surface area contributed by atoms with Crippen molar-refractivity contribution in [3.05, 3.63) is 0 Å². The molecule has 0 spiro atoms. The SMILES string of the molecule is CCO[Si](CCCNCCCCCCNCCC[Si](OCC)(OCC)OCC)(OCC)OCC.